The van der Waals surface area contributed by atoms with Crippen LogP contribution in [0.5, 0.6) is 0 Å². The number of carbonyl (C=O) groups is 1. The Morgan fingerprint density at radius 3 is 2.21 bits per heavy atom. The van der Waals surface area contributed by atoms with Crippen LogP contribution in [0.4, 0.5) is 20.2 Å². The topological polar surface area (TPSA) is 101 Å². The smallest absolute Gasteiger partial charge is 0.261 e. The maximum absolute atomic E-state index is 13.7. The zero-order chi connectivity index (χ0) is 19.7. The van der Waals surface area contributed by atoms with Gasteiger partial charge in [-0.25, -0.2) is 17.2 Å². The van der Waals surface area contributed by atoms with Gasteiger partial charge in [-0.15, -0.1) is 12.4 Å². The minimum atomic E-state index is -4.07. The van der Waals surface area contributed by atoms with Crippen molar-refractivity contribution in [3.63, 3.8) is 0 Å². The molecule has 28 heavy (non-hydrogen) atoms. The van der Waals surface area contributed by atoms with Crippen molar-refractivity contribution in [3.8, 4) is 0 Å². The molecule has 0 radical (unpaired) electrons. The van der Waals surface area contributed by atoms with Crippen molar-refractivity contribution >= 4 is 39.7 Å². The molecule has 3 rings (SSSR count). The molecule has 0 bridgehead atoms. The number of nitrogens with one attached hydrogen (secondary N) is 2. The predicted molar refractivity (Wildman–Crippen MR) is 105 cm³/mol. The van der Waals surface area contributed by atoms with E-state index < -0.39 is 27.2 Å². The number of benzene rings is 2. The first kappa shape index (κ1) is 22.1. The molecule has 0 atom stereocenters. The van der Waals surface area contributed by atoms with Crippen LogP contribution in [0, 0.1) is 11.6 Å². The third-order valence-corrected chi connectivity index (χ3v) is 5.93. The average molecular weight is 432 g/mol. The van der Waals surface area contributed by atoms with Gasteiger partial charge < -0.3 is 11.1 Å². The molecule has 2 aromatic rings. The molecule has 6 nitrogen and oxygen atoms in total. The number of nitrogens with two attached hydrogens (primary N) is 1. The van der Waals surface area contributed by atoms with E-state index in [4.69, 9.17) is 5.73 Å². The fraction of sp³-hybridized carbons (Fsp3) is 0.278. The number of hydrogen-bond donors (Lipinski definition) is 3. The van der Waals surface area contributed by atoms with Crippen LogP contribution in [0.25, 0.3) is 0 Å². The summed E-state index contributed by atoms with van der Waals surface area (Å²) < 4.78 is 53.4. The summed E-state index contributed by atoms with van der Waals surface area (Å²) in [5.41, 5.74) is 5.23. The Kier molecular flexibility index (Phi) is 6.63. The van der Waals surface area contributed by atoms with Crippen LogP contribution in [-0.2, 0) is 14.8 Å². The molecule has 1 aliphatic rings. The third-order valence-electron chi connectivity index (χ3n) is 4.55. The predicted octanol–water partition coefficient (Wildman–Crippen LogP) is 3.40. The summed E-state index contributed by atoms with van der Waals surface area (Å²) in [5.74, 6) is -2.13. The first-order valence-corrected chi connectivity index (χ1v) is 9.86. The normalized spacial score (nSPS) is 15.5. The molecule has 0 aromatic heterocycles. The Balaban J connectivity index is 0.00000280. The van der Waals surface area contributed by atoms with Gasteiger partial charge in [0.1, 0.15) is 11.6 Å². The molecule has 0 heterocycles. The van der Waals surface area contributed by atoms with E-state index in [1.807, 2.05) is 0 Å². The third kappa shape index (κ3) is 4.78. The summed E-state index contributed by atoms with van der Waals surface area (Å²) in [5, 5.41) is 2.69. The van der Waals surface area contributed by atoms with Crippen LogP contribution in [-0.4, -0.2) is 19.9 Å². The fourth-order valence-corrected chi connectivity index (χ4v) is 4.05. The number of carbonyl (C=O) groups excluding carboxylic acids is 1. The quantitative estimate of drug-likeness (QED) is 0.675. The Bertz CT molecular complexity index is 963. The van der Waals surface area contributed by atoms with Gasteiger partial charge in [-0.2, -0.15) is 0 Å². The highest BCUT2D eigenvalue weighted by Crippen LogP contribution is 2.28. The highest BCUT2D eigenvalue weighted by atomic mass is 35.5. The van der Waals surface area contributed by atoms with Crippen LogP contribution < -0.4 is 15.8 Å². The van der Waals surface area contributed by atoms with Crippen LogP contribution in [0.1, 0.15) is 25.7 Å². The summed E-state index contributed by atoms with van der Waals surface area (Å²) >= 11 is 0. The Morgan fingerprint density at radius 2 is 1.64 bits per heavy atom. The number of anilines is 2. The van der Waals surface area contributed by atoms with E-state index in [9.17, 15) is 22.0 Å². The zero-order valence-electron chi connectivity index (χ0n) is 14.7. The fourth-order valence-electron chi connectivity index (χ4n) is 2.98. The second-order valence-electron chi connectivity index (χ2n) is 6.57. The maximum Gasteiger partial charge on any atom is 0.261 e. The number of sulfonamides is 1. The SMILES string of the molecule is Cl.NC1(C(=O)Nc2ccc(S(=O)(=O)Nc3ccc(F)cc3F)cc2)CCCC1. The maximum atomic E-state index is 13.7. The lowest BCUT2D eigenvalue weighted by molar-refractivity contribution is -0.121. The molecule has 1 aliphatic carbocycles. The van der Waals surface area contributed by atoms with E-state index in [0.29, 0.717) is 24.6 Å². The summed E-state index contributed by atoms with van der Waals surface area (Å²) in [7, 11) is -4.07. The van der Waals surface area contributed by atoms with Gasteiger partial charge in [0.25, 0.3) is 10.0 Å². The van der Waals surface area contributed by atoms with Gasteiger partial charge in [-0.1, -0.05) is 12.8 Å². The lowest BCUT2D eigenvalue weighted by atomic mass is 9.98. The molecule has 0 unspecified atom stereocenters. The number of halogens is 3. The molecule has 1 amide bonds. The van der Waals surface area contributed by atoms with Crippen LogP contribution in [0.2, 0.25) is 0 Å². The summed E-state index contributed by atoms with van der Waals surface area (Å²) in [4.78, 5) is 12.2. The van der Waals surface area contributed by atoms with E-state index in [-0.39, 0.29) is 28.9 Å². The van der Waals surface area contributed by atoms with Crippen LogP contribution >= 0.6 is 12.4 Å². The van der Waals surface area contributed by atoms with Gasteiger partial charge in [-0.05, 0) is 49.2 Å². The van der Waals surface area contributed by atoms with Gasteiger partial charge in [0, 0.05) is 11.8 Å². The lowest BCUT2D eigenvalue weighted by Crippen LogP contribution is -2.48. The van der Waals surface area contributed by atoms with Gasteiger partial charge in [-0.3, -0.25) is 9.52 Å². The van der Waals surface area contributed by atoms with Crippen molar-refractivity contribution in [1.82, 2.24) is 0 Å². The van der Waals surface area contributed by atoms with Crippen molar-refractivity contribution in [2.45, 2.75) is 36.1 Å². The minimum Gasteiger partial charge on any atom is -0.324 e. The Hall–Kier alpha value is -2.23. The van der Waals surface area contributed by atoms with E-state index in [1.165, 1.54) is 24.3 Å². The minimum absolute atomic E-state index is 0. The van der Waals surface area contributed by atoms with Crippen molar-refractivity contribution in [2.24, 2.45) is 5.73 Å². The number of amides is 1. The monoisotopic (exact) mass is 431 g/mol. The number of hydrogen-bond acceptors (Lipinski definition) is 4. The van der Waals surface area contributed by atoms with Crippen molar-refractivity contribution in [1.29, 1.82) is 0 Å². The highest BCUT2D eigenvalue weighted by molar-refractivity contribution is 7.92. The van der Waals surface area contributed by atoms with Gasteiger partial charge >= 0.3 is 0 Å². The van der Waals surface area contributed by atoms with E-state index in [1.54, 1.807) is 0 Å². The molecule has 1 fully saturated rings. The van der Waals surface area contributed by atoms with Crippen molar-refractivity contribution in [2.75, 3.05) is 10.0 Å². The molecule has 0 spiro atoms. The largest absolute Gasteiger partial charge is 0.324 e. The average Bonchev–Trinajstić information content (AvgIpc) is 3.06. The summed E-state index contributed by atoms with van der Waals surface area (Å²) in [6.45, 7) is 0. The molecule has 152 valence electrons. The van der Waals surface area contributed by atoms with E-state index in [2.05, 4.69) is 10.0 Å². The molecular formula is C18H20ClF2N3O3S. The van der Waals surface area contributed by atoms with Crippen molar-refractivity contribution in [3.05, 3.63) is 54.1 Å². The lowest BCUT2D eigenvalue weighted by Gasteiger charge is -2.22. The molecule has 2 aromatic carbocycles. The molecule has 4 N–H and O–H groups in total. The van der Waals surface area contributed by atoms with Crippen molar-refractivity contribution < 1.29 is 22.0 Å². The van der Waals surface area contributed by atoms with Crippen LogP contribution in [0.3, 0.4) is 0 Å². The first-order chi connectivity index (χ1) is 12.7. The molecule has 0 aliphatic heterocycles. The van der Waals surface area contributed by atoms with E-state index in [0.717, 1.165) is 25.0 Å². The molecular weight excluding hydrogens is 412 g/mol. The standard InChI is InChI=1S/C18H19F2N3O3S.ClH/c19-12-3-8-16(15(20)11-12)23-27(25,26)14-6-4-13(5-7-14)22-17(24)18(21)9-1-2-10-18;/h3-8,11,23H,1-2,9-10,21H2,(H,22,24);1H. The first-order valence-electron chi connectivity index (χ1n) is 8.38. The van der Waals surface area contributed by atoms with Crippen LogP contribution in [0.15, 0.2) is 47.4 Å². The summed E-state index contributed by atoms with van der Waals surface area (Å²) in [6.07, 6.45) is 3.01. The highest BCUT2D eigenvalue weighted by Gasteiger charge is 2.36. The Labute approximate surface area is 168 Å². The molecule has 0 saturated heterocycles. The van der Waals surface area contributed by atoms with Gasteiger partial charge in [0.15, 0.2) is 0 Å². The Morgan fingerprint density at radius 1 is 1.04 bits per heavy atom. The van der Waals surface area contributed by atoms with Gasteiger partial charge in [0.05, 0.1) is 16.1 Å². The second kappa shape index (κ2) is 8.42. The van der Waals surface area contributed by atoms with E-state index >= 15 is 0 Å². The number of rotatable bonds is 5. The molecule has 1 saturated carbocycles. The zero-order valence-corrected chi connectivity index (χ0v) is 16.4. The molecule has 10 heteroatoms. The summed E-state index contributed by atoms with van der Waals surface area (Å²) in [6, 6.07) is 7.93. The van der Waals surface area contributed by atoms with Gasteiger partial charge in [0.2, 0.25) is 5.91 Å². The second-order valence-corrected chi connectivity index (χ2v) is 8.25.